The fourth-order valence-corrected chi connectivity index (χ4v) is 5.39. The average molecular weight is 528 g/mol. The molecule has 0 saturated carbocycles. The average Bonchev–Trinajstić information content (AvgIpc) is 3.13. The molecule has 1 amide bonds. The van der Waals surface area contributed by atoms with Gasteiger partial charge in [-0.05, 0) is 49.1 Å². The van der Waals surface area contributed by atoms with E-state index in [4.69, 9.17) is 21.7 Å². The number of carbonyl (C=O) groups excluding carboxylic acids is 1. The predicted octanol–water partition coefficient (Wildman–Crippen LogP) is 6.85. The van der Waals surface area contributed by atoms with Crippen LogP contribution in [0.4, 0.5) is 0 Å². The molecule has 0 bridgehead atoms. The number of amides is 1. The van der Waals surface area contributed by atoms with Crippen LogP contribution in [0.3, 0.4) is 0 Å². The van der Waals surface area contributed by atoms with Crippen molar-refractivity contribution < 1.29 is 24.2 Å². The van der Waals surface area contributed by atoms with E-state index >= 15 is 0 Å². The van der Waals surface area contributed by atoms with Crippen molar-refractivity contribution in [2.24, 2.45) is 0 Å². The third-order valence-corrected chi connectivity index (χ3v) is 7.29. The van der Waals surface area contributed by atoms with Crippen LogP contribution in [0.15, 0.2) is 53.4 Å². The summed E-state index contributed by atoms with van der Waals surface area (Å²) in [5.74, 6) is -0.346. The van der Waals surface area contributed by atoms with Gasteiger partial charge in [0.25, 0.3) is 5.91 Å². The number of benzene rings is 2. The minimum atomic E-state index is -1.18. The molecule has 3 rings (SSSR count). The van der Waals surface area contributed by atoms with Crippen LogP contribution in [0.5, 0.6) is 11.5 Å². The quantitative estimate of drug-likeness (QED) is 0.173. The molecule has 1 N–H and O–H groups in total. The molecular weight excluding hydrogens is 494 g/mol. The normalized spacial score (nSPS) is 16.3. The van der Waals surface area contributed by atoms with Crippen LogP contribution in [-0.4, -0.2) is 39.4 Å². The van der Waals surface area contributed by atoms with E-state index in [-0.39, 0.29) is 10.4 Å². The molecular formula is C28H33NO5S2. The van der Waals surface area contributed by atoms with Crippen LogP contribution in [-0.2, 0) is 9.59 Å². The number of carbonyl (C=O) groups is 2. The first kappa shape index (κ1) is 27.7. The van der Waals surface area contributed by atoms with E-state index in [9.17, 15) is 14.7 Å². The van der Waals surface area contributed by atoms with Gasteiger partial charge in [-0.25, -0.2) is 4.79 Å². The predicted molar refractivity (Wildman–Crippen MR) is 148 cm³/mol. The maximum atomic E-state index is 13.2. The van der Waals surface area contributed by atoms with E-state index in [0.717, 1.165) is 30.2 Å². The highest BCUT2D eigenvalue weighted by atomic mass is 32.2. The molecule has 0 aromatic heterocycles. The molecule has 0 aliphatic carbocycles. The van der Waals surface area contributed by atoms with E-state index < -0.39 is 17.9 Å². The largest absolute Gasteiger partial charge is 0.493 e. The highest BCUT2D eigenvalue weighted by Gasteiger charge is 2.41. The topological polar surface area (TPSA) is 76.1 Å². The van der Waals surface area contributed by atoms with Gasteiger partial charge in [0, 0.05) is 0 Å². The number of carboxylic acids is 1. The highest BCUT2D eigenvalue weighted by molar-refractivity contribution is 8.26. The second-order valence-electron chi connectivity index (χ2n) is 8.74. The van der Waals surface area contributed by atoms with Gasteiger partial charge in [-0.2, -0.15) is 0 Å². The minimum Gasteiger partial charge on any atom is -0.493 e. The van der Waals surface area contributed by atoms with Gasteiger partial charge in [-0.15, -0.1) is 0 Å². The number of carboxylic acid groups (broad SMARTS) is 1. The molecule has 2 atom stereocenters. The monoisotopic (exact) mass is 527 g/mol. The van der Waals surface area contributed by atoms with E-state index in [1.807, 2.05) is 18.2 Å². The second-order valence-corrected chi connectivity index (χ2v) is 10.4. The van der Waals surface area contributed by atoms with Crippen molar-refractivity contribution >= 4 is 46.3 Å². The first-order chi connectivity index (χ1) is 17.3. The van der Waals surface area contributed by atoms with E-state index in [2.05, 4.69) is 13.8 Å². The number of hydrogen-bond acceptors (Lipinski definition) is 6. The van der Waals surface area contributed by atoms with Gasteiger partial charge in [0.2, 0.25) is 0 Å². The van der Waals surface area contributed by atoms with Crippen molar-refractivity contribution in [3.05, 3.63) is 64.6 Å². The van der Waals surface area contributed by atoms with Gasteiger partial charge in [0.15, 0.2) is 17.5 Å². The molecule has 1 aliphatic heterocycles. The summed E-state index contributed by atoms with van der Waals surface area (Å²) < 4.78 is 11.9. The lowest BCUT2D eigenvalue weighted by molar-refractivity contribution is -0.145. The maximum Gasteiger partial charge on any atom is 0.331 e. The molecule has 1 heterocycles. The fraction of sp³-hybridized carbons (Fsp3) is 0.393. The summed E-state index contributed by atoms with van der Waals surface area (Å²) in [5.41, 5.74) is 1.23. The van der Waals surface area contributed by atoms with Gasteiger partial charge in [-0.1, -0.05) is 93.0 Å². The Labute approximate surface area is 222 Å². The Hall–Kier alpha value is -2.84. The number of hydrogen-bond donors (Lipinski definition) is 1. The van der Waals surface area contributed by atoms with Gasteiger partial charge in [0.05, 0.1) is 18.1 Å². The second kappa shape index (κ2) is 13.5. The molecule has 36 heavy (non-hydrogen) atoms. The third-order valence-electron chi connectivity index (χ3n) is 5.96. The Morgan fingerprint density at radius 2 is 1.83 bits per heavy atom. The van der Waals surface area contributed by atoms with Crippen LogP contribution in [0.2, 0.25) is 0 Å². The lowest BCUT2D eigenvalue weighted by Gasteiger charge is -2.23. The van der Waals surface area contributed by atoms with Gasteiger partial charge in [0.1, 0.15) is 4.32 Å². The van der Waals surface area contributed by atoms with Crippen molar-refractivity contribution in [1.82, 2.24) is 4.90 Å². The van der Waals surface area contributed by atoms with Gasteiger partial charge >= 0.3 is 5.97 Å². The highest BCUT2D eigenvalue weighted by Crippen LogP contribution is 2.39. The number of rotatable bonds is 13. The molecule has 1 aliphatic rings. The Morgan fingerprint density at radius 1 is 1.11 bits per heavy atom. The lowest BCUT2D eigenvalue weighted by Crippen LogP contribution is -2.37. The Kier molecular flexibility index (Phi) is 10.4. The zero-order valence-corrected chi connectivity index (χ0v) is 22.6. The molecule has 8 heteroatoms. The van der Waals surface area contributed by atoms with Crippen molar-refractivity contribution in [1.29, 1.82) is 0 Å². The summed E-state index contributed by atoms with van der Waals surface area (Å²) in [6.45, 7) is 4.27. The Balaban J connectivity index is 1.73. The molecule has 1 fully saturated rings. The van der Waals surface area contributed by atoms with E-state index in [1.165, 1.54) is 30.6 Å². The summed E-state index contributed by atoms with van der Waals surface area (Å²) in [4.78, 5) is 26.8. The molecule has 192 valence electrons. The number of unbranched alkanes of at least 4 members (excludes halogenated alkanes) is 4. The first-order valence-corrected chi connectivity index (χ1v) is 13.5. The molecule has 2 aromatic carbocycles. The summed E-state index contributed by atoms with van der Waals surface area (Å²) in [6.07, 6.45) is 8.84. The Bertz CT molecular complexity index is 1100. The number of thioether (sulfide) groups is 1. The SMILES string of the molecule is CCCCCCC[C@H](C)Oc1ccc(/C=C2/SC(=S)N([C@H](C(=O)O)c3ccccc3)C2=O)cc1OC. The van der Waals surface area contributed by atoms with Crippen molar-refractivity contribution in [2.75, 3.05) is 7.11 Å². The minimum absolute atomic E-state index is 0.0635. The van der Waals surface area contributed by atoms with E-state index in [1.54, 1.807) is 43.5 Å². The zero-order valence-electron chi connectivity index (χ0n) is 20.9. The zero-order chi connectivity index (χ0) is 26.1. The van der Waals surface area contributed by atoms with E-state index in [0.29, 0.717) is 22.0 Å². The van der Waals surface area contributed by atoms with Crippen LogP contribution in [0.1, 0.15) is 69.5 Å². The number of ether oxygens (including phenoxy) is 2. The van der Waals surface area contributed by atoms with Crippen molar-refractivity contribution in [3.8, 4) is 11.5 Å². The van der Waals surface area contributed by atoms with Crippen molar-refractivity contribution in [3.63, 3.8) is 0 Å². The molecule has 6 nitrogen and oxygen atoms in total. The van der Waals surface area contributed by atoms with Crippen molar-refractivity contribution in [2.45, 2.75) is 64.5 Å². The first-order valence-electron chi connectivity index (χ1n) is 12.2. The number of thiocarbonyl (C=S) groups is 1. The summed E-state index contributed by atoms with van der Waals surface area (Å²) in [7, 11) is 1.58. The van der Waals surface area contributed by atoms with Crippen LogP contribution in [0.25, 0.3) is 6.08 Å². The maximum absolute atomic E-state index is 13.2. The van der Waals surface area contributed by atoms with Gasteiger partial charge in [-0.3, -0.25) is 9.69 Å². The fourth-order valence-electron chi connectivity index (χ4n) is 4.07. The lowest BCUT2D eigenvalue weighted by atomic mass is 10.1. The Morgan fingerprint density at radius 3 is 2.50 bits per heavy atom. The molecule has 1 saturated heterocycles. The van der Waals surface area contributed by atoms with Crippen LogP contribution < -0.4 is 9.47 Å². The standard InChI is InChI=1S/C28H33NO5S2/c1-4-5-6-7-9-12-19(2)34-22-16-15-20(17-23(22)33-3)18-24-26(30)29(28(35)36-24)25(27(31)32)21-13-10-8-11-14-21/h8,10-11,13-19,25H,4-7,9,12H2,1-3H3,(H,31,32)/b24-18+/t19-,25-/m0/s1. The molecule has 0 radical (unpaired) electrons. The number of nitrogens with zero attached hydrogens (tertiary/aromatic N) is 1. The smallest absolute Gasteiger partial charge is 0.331 e. The summed E-state index contributed by atoms with van der Waals surface area (Å²) in [5, 5.41) is 9.85. The third kappa shape index (κ3) is 7.11. The summed E-state index contributed by atoms with van der Waals surface area (Å²) in [6, 6.07) is 12.9. The van der Waals surface area contributed by atoms with Gasteiger partial charge < -0.3 is 14.6 Å². The van der Waals surface area contributed by atoms with Crippen LogP contribution in [0, 0.1) is 0 Å². The molecule has 2 aromatic rings. The molecule has 0 unspecified atom stereocenters. The summed E-state index contributed by atoms with van der Waals surface area (Å²) >= 11 is 6.49. The molecule has 0 spiro atoms. The number of aliphatic carboxylic acids is 1. The van der Waals surface area contributed by atoms with Crippen LogP contribution >= 0.6 is 24.0 Å². The number of methoxy groups -OCH3 is 1.